The summed E-state index contributed by atoms with van der Waals surface area (Å²) in [5.74, 6) is -0.916. The zero-order chi connectivity index (χ0) is 11.7. The van der Waals surface area contributed by atoms with Gasteiger partial charge in [0.1, 0.15) is 5.69 Å². The largest absolute Gasteiger partial charge is 0.477 e. The molecule has 0 fully saturated rings. The first-order chi connectivity index (χ1) is 7.65. The minimum Gasteiger partial charge on any atom is -0.477 e. The molecule has 0 bridgehead atoms. The second-order valence-electron chi connectivity index (χ2n) is 3.66. The molecule has 0 spiro atoms. The van der Waals surface area contributed by atoms with Crippen molar-refractivity contribution >= 4 is 28.5 Å². The van der Waals surface area contributed by atoms with E-state index in [-0.39, 0.29) is 0 Å². The predicted molar refractivity (Wildman–Crippen MR) is 64.2 cm³/mol. The summed E-state index contributed by atoms with van der Waals surface area (Å²) < 4.78 is 1.76. The number of carbonyl (C=O) groups is 1. The molecule has 1 N–H and O–H groups in total. The number of hydrogen-bond acceptors (Lipinski definition) is 1. The molecule has 0 atom stereocenters. The van der Waals surface area contributed by atoms with E-state index in [0.717, 1.165) is 17.3 Å². The Morgan fingerprint density at radius 1 is 1.50 bits per heavy atom. The lowest BCUT2D eigenvalue weighted by Crippen LogP contribution is -2.08. The van der Waals surface area contributed by atoms with Gasteiger partial charge in [-0.2, -0.15) is 0 Å². The first-order valence-electron chi connectivity index (χ1n) is 5.16. The molecule has 0 aliphatic carbocycles. The Bertz CT molecular complexity index is 545. The smallest absolute Gasteiger partial charge is 0.352 e. The van der Waals surface area contributed by atoms with Gasteiger partial charge >= 0.3 is 5.97 Å². The topological polar surface area (TPSA) is 42.2 Å². The molecule has 0 amide bonds. The van der Waals surface area contributed by atoms with Gasteiger partial charge in [-0.05, 0) is 18.6 Å². The van der Waals surface area contributed by atoms with Gasteiger partial charge in [-0.3, -0.25) is 0 Å². The van der Waals surface area contributed by atoms with Gasteiger partial charge in [0.05, 0.1) is 10.5 Å². The summed E-state index contributed by atoms with van der Waals surface area (Å²) in [6.45, 7) is 2.67. The molecule has 0 saturated carbocycles. The monoisotopic (exact) mass is 237 g/mol. The molecule has 84 valence electrons. The van der Waals surface area contributed by atoms with Crippen LogP contribution in [-0.2, 0) is 6.54 Å². The fraction of sp³-hybridized carbons (Fsp3) is 0.250. The van der Waals surface area contributed by atoms with Gasteiger partial charge in [0.2, 0.25) is 0 Å². The summed E-state index contributed by atoms with van der Waals surface area (Å²) in [5.41, 5.74) is 1.10. The van der Waals surface area contributed by atoms with Gasteiger partial charge < -0.3 is 9.67 Å². The van der Waals surface area contributed by atoms with Gasteiger partial charge in [-0.25, -0.2) is 4.79 Å². The molecule has 0 unspecified atom stereocenters. The molecule has 4 heteroatoms. The second-order valence-corrected chi connectivity index (χ2v) is 4.07. The number of para-hydroxylation sites is 1. The number of halogens is 1. The molecule has 0 saturated heterocycles. The maximum Gasteiger partial charge on any atom is 0.352 e. The van der Waals surface area contributed by atoms with Crippen LogP contribution < -0.4 is 0 Å². The fourth-order valence-corrected chi connectivity index (χ4v) is 2.20. The van der Waals surface area contributed by atoms with Crippen molar-refractivity contribution in [2.45, 2.75) is 19.9 Å². The molecule has 0 aliphatic rings. The van der Waals surface area contributed by atoms with Crippen molar-refractivity contribution in [2.75, 3.05) is 0 Å². The number of carboxylic acids is 1. The SMILES string of the molecule is CCCn1c(C(=O)O)cc2cccc(Cl)c21. The van der Waals surface area contributed by atoms with Crippen LogP contribution in [0, 0.1) is 0 Å². The van der Waals surface area contributed by atoms with Crippen LogP contribution in [0.2, 0.25) is 5.02 Å². The van der Waals surface area contributed by atoms with Crippen molar-refractivity contribution in [3.8, 4) is 0 Å². The number of aromatic carboxylic acids is 1. The maximum atomic E-state index is 11.1. The van der Waals surface area contributed by atoms with Crippen molar-refractivity contribution in [1.29, 1.82) is 0 Å². The molecule has 1 heterocycles. The van der Waals surface area contributed by atoms with Crippen molar-refractivity contribution in [3.63, 3.8) is 0 Å². The first kappa shape index (κ1) is 11.0. The van der Waals surface area contributed by atoms with Crippen LogP contribution in [0.15, 0.2) is 24.3 Å². The third kappa shape index (κ3) is 1.67. The number of fused-ring (bicyclic) bond motifs is 1. The third-order valence-electron chi connectivity index (χ3n) is 2.54. The summed E-state index contributed by atoms with van der Waals surface area (Å²) in [6, 6.07) is 7.15. The summed E-state index contributed by atoms with van der Waals surface area (Å²) in [4.78, 5) is 11.1. The summed E-state index contributed by atoms with van der Waals surface area (Å²) in [6.07, 6.45) is 0.870. The van der Waals surface area contributed by atoms with E-state index >= 15 is 0 Å². The molecular formula is C12H12ClNO2. The van der Waals surface area contributed by atoms with Crippen molar-refractivity contribution in [1.82, 2.24) is 4.57 Å². The highest BCUT2D eigenvalue weighted by molar-refractivity contribution is 6.35. The number of hydrogen-bond donors (Lipinski definition) is 1. The third-order valence-corrected chi connectivity index (χ3v) is 2.84. The van der Waals surface area contributed by atoms with E-state index in [4.69, 9.17) is 16.7 Å². The molecule has 0 aliphatic heterocycles. The maximum absolute atomic E-state index is 11.1. The number of nitrogens with zero attached hydrogens (tertiary/aromatic N) is 1. The van der Waals surface area contributed by atoms with E-state index in [1.165, 1.54) is 0 Å². The average Bonchev–Trinajstić information content (AvgIpc) is 2.59. The van der Waals surface area contributed by atoms with E-state index in [9.17, 15) is 4.79 Å². The Kier molecular flexibility index (Phi) is 2.88. The number of aryl methyl sites for hydroxylation is 1. The lowest BCUT2D eigenvalue weighted by atomic mass is 10.2. The highest BCUT2D eigenvalue weighted by Gasteiger charge is 2.15. The van der Waals surface area contributed by atoms with Gasteiger partial charge in [0.15, 0.2) is 0 Å². The highest BCUT2D eigenvalue weighted by Crippen LogP contribution is 2.27. The van der Waals surface area contributed by atoms with Gasteiger partial charge in [0.25, 0.3) is 0 Å². The number of aromatic nitrogens is 1. The van der Waals surface area contributed by atoms with Crippen LogP contribution in [0.5, 0.6) is 0 Å². The molecule has 0 radical (unpaired) electrons. The Balaban J connectivity index is 2.77. The lowest BCUT2D eigenvalue weighted by molar-refractivity contribution is 0.0685. The highest BCUT2D eigenvalue weighted by atomic mass is 35.5. The van der Waals surface area contributed by atoms with E-state index < -0.39 is 5.97 Å². The Morgan fingerprint density at radius 3 is 2.88 bits per heavy atom. The first-order valence-corrected chi connectivity index (χ1v) is 5.54. The molecule has 1 aromatic heterocycles. The molecule has 2 rings (SSSR count). The van der Waals surface area contributed by atoms with Gasteiger partial charge in [-0.1, -0.05) is 30.7 Å². The minimum absolute atomic E-state index is 0.296. The Hall–Kier alpha value is -1.48. The van der Waals surface area contributed by atoms with Crippen LogP contribution in [0.25, 0.3) is 10.9 Å². The van der Waals surface area contributed by atoms with Gasteiger partial charge in [0, 0.05) is 11.9 Å². The average molecular weight is 238 g/mol. The Morgan fingerprint density at radius 2 is 2.25 bits per heavy atom. The molecule has 2 aromatic rings. The fourth-order valence-electron chi connectivity index (χ4n) is 1.91. The molecule has 16 heavy (non-hydrogen) atoms. The van der Waals surface area contributed by atoms with Crippen molar-refractivity contribution < 1.29 is 9.90 Å². The van der Waals surface area contributed by atoms with Gasteiger partial charge in [-0.15, -0.1) is 0 Å². The van der Waals surface area contributed by atoms with Crippen molar-refractivity contribution in [3.05, 3.63) is 35.0 Å². The van der Waals surface area contributed by atoms with Crippen LogP contribution in [0.3, 0.4) is 0 Å². The zero-order valence-corrected chi connectivity index (χ0v) is 9.66. The normalized spacial score (nSPS) is 10.9. The van der Waals surface area contributed by atoms with E-state index in [1.54, 1.807) is 16.7 Å². The Labute approximate surface area is 98.3 Å². The number of carboxylic acid groups (broad SMARTS) is 1. The predicted octanol–water partition coefficient (Wildman–Crippen LogP) is 3.40. The minimum atomic E-state index is -0.916. The van der Waals surface area contributed by atoms with Crippen molar-refractivity contribution in [2.24, 2.45) is 0 Å². The summed E-state index contributed by atoms with van der Waals surface area (Å²) in [5, 5.41) is 10.6. The molecule has 3 nitrogen and oxygen atoms in total. The number of benzene rings is 1. The second kappa shape index (κ2) is 4.18. The van der Waals surface area contributed by atoms with E-state index in [0.29, 0.717) is 17.3 Å². The zero-order valence-electron chi connectivity index (χ0n) is 8.90. The quantitative estimate of drug-likeness (QED) is 0.889. The van der Waals surface area contributed by atoms with Crippen LogP contribution in [0.4, 0.5) is 0 Å². The lowest BCUT2D eigenvalue weighted by Gasteiger charge is -2.07. The molecular weight excluding hydrogens is 226 g/mol. The van der Waals surface area contributed by atoms with Crippen LogP contribution in [0.1, 0.15) is 23.8 Å². The van der Waals surface area contributed by atoms with E-state index in [1.807, 2.05) is 19.1 Å². The standard InChI is InChI=1S/C12H12ClNO2/c1-2-6-14-10(12(15)16)7-8-4-3-5-9(13)11(8)14/h3-5,7H,2,6H2,1H3,(H,15,16). The summed E-state index contributed by atoms with van der Waals surface area (Å²) >= 11 is 6.10. The van der Waals surface area contributed by atoms with Crippen LogP contribution >= 0.6 is 11.6 Å². The number of rotatable bonds is 3. The van der Waals surface area contributed by atoms with Crippen LogP contribution in [-0.4, -0.2) is 15.6 Å². The summed E-state index contributed by atoms with van der Waals surface area (Å²) in [7, 11) is 0. The van der Waals surface area contributed by atoms with E-state index in [2.05, 4.69) is 0 Å². The molecule has 1 aromatic carbocycles.